The number of amides is 1. The first kappa shape index (κ1) is 20.8. The first-order valence-corrected chi connectivity index (χ1v) is 11.0. The van der Waals surface area contributed by atoms with Crippen LogP contribution >= 0.6 is 11.6 Å². The van der Waals surface area contributed by atoms with Crippen molar-refractivity contribution in [2.45, 2.75) is 39.2 Å². The summed E-state index contributed by atoms with van der Waals surface area (Å²) in [6, 6.07) is 16.1. The summed E-state index contributed by atoms with van der Waals surface area (Å²) in [5.41, 5.74) is 5.13. The standard InChI is InChI=1S/C25H28ClN3O/c1-17-19-9-4-6-12-23(19)28-18(2)21(17)15-25(30)27-16-24(29-13-7-8-14-29)20-10-3-5-11-22(20)26/h3-6,9-12,24H,7-8,13-16H2,1-2H3,(H,27,30). The van der Waals surface area contributed by atoms with Crippen molar-refractivity contribution >= 4 is 28.4 Å². The molecule has 0 aliphatic carbocycles. The van der Waals surface area contributed by atoms with Gasteiger partial charge in [-0.1, -0.05) is 48.0 Å². The molecule has 0 saturated carbocycles. The smallest absolute Gasteiger partial charge is 0.224 e. The summed E-state index contributed by atoms with van der Waals surface area (Å²) in [4.78, 5) is 20.0. The molecule has 1 aliphatic heterocycles. The summed E-state index contributed by atoms with van der Waals surface area (Å²) >= 11 is 6.49. The van der Waals surface area contributed by atoms with E-state index in [1.54, 1.807) is 0 Å². The Kier molecular flexibility index (Phi) is 6.35. The molecule has 3 aromatic rings. The lowest BCUT2D eigenvalue weighted by Gasteiger charge is -2.29. The minimum atomic E-state index is 0.0227. The fraction of sp³-hybridized carbons (Fsp3) is 0.360. The SMILES string of the molecule is Cc1nc2ccccc2c(C)c1CC(=O)NCC(c1ccccc1Cl)N1CCCC1. The predicted molar refractivity (Wildman–Crippen MR) is 123 cm³/mol. The highest BCUT2D eigenvalue weighted by molar-refractivity contribution is 6.31. The molecule has 1 N–H and O–H groups in total. The Morgan fingerprint density at radius 2 is 1.80 bits per heavy atom. The molecule has 0 spiro atoms. The number of halogens is 1. The minimum absolute atomic E-state index is 0.0227. The first-order valence-electron chi connectivity index (χ1n) is 10.6. The van der Waals surface area contributed by atoms with Crippen LogP contribution in [0.15, 0.2) is 48.5 Å². The van der Waals surface area contributed by atoms with Gasteiger partial charge in [0.05, 0.1) is 18.0 Å². The molecular weight excluding hydrogens is 394 g/mol. The number of para-hydroxylation sites is 1. The molecule has 1 atom stereocenters. The van der Waals surface area contributed by atoms with Gasteiger partial charge in [-0.3, -0.25) is 14.7 Å². The van der Waals surface area contributed by atoms with Gasteiger partial charge in [-0.2, -0.15) is 0 Å². The van der Waals surface area contributed by atoms with E-state index in [0.29, 0.717) is 13.0 Å². The molecule has 2 aromatic carbocycles. The molecule has 4 rings (SSSR count). The summed E-state index contributed by atoms with van der Waals surface area (Å²) in [6.07, 6.45) is 2.72. The van der Waals surface area contributed by atoms with Crippen LogP contribution < -0.4 is 5.32 Å². The van der Waals surface area contributed by atoms with Gasteiger partial charge in [0.25, 0.3) is 0 Å². The van der Waals surface area contributed by atoms with E-state index in [-0.39, 0.29) is 11.9 Å². The summed E-state index contributed by atoms with van der Waals surface area (Å²) in [6.45, 7) is 6.70. The highest BCUT2D eigenvalue weighted by atomic mass is 35.5. The Bertz CT molecular complexity index is 1060. The number of fused-ring (bicyclic) bond motifs is 1. The zero-order valence-electron chi connectivity index (χ0n) is 17.6. The van der Waals surface area contributed by atoms with Crippen LogP contribution in [0.25, 0.3) is 10.9 Å². The van der Waals surface area contributed by atoms with E-state index in [2.05, 4.69) is 29.3 Å². The van der Waals surface area contributed by atoms with Crippen LogP contribution in [0.2, 0.25) is 5.02 Å². The molecule has 1 aliphatic rings. The number of rotatable bonds is 6. The van der Waals surface area contributed by atoms with E-state index in [9.17, 15) is 4.79 Å². The molecule has 1 unspecified atom stereocenters. The van der Waals surface area contributed by atoms with Gasteiger partial charge in [0.2, 0.25) is 5.91 Å². The van der Waals surface area contributed by atoms with Gasteiger partial charge < -0.3 is 5.32 Å². The summed E-state index contributed by atoms with van der Waals surface area (Å²) in [5.74, 6) is 0.0227. The number of likely N-dealkylation sites (tertiary alicyclic amines) is 1. The van der Waals surface area contributed by atoms with Gasteiger partial charge in [0.1, 0.15) is 0 Å². The van der Waals surface area contributed by atoms with Gasteiger partial charge in [-0.25, -0.2) is 0 Å². The van der Waals surface area contributed by atoms with Crippen molar-refractivity contribution in [1.82, 2.24) is 15.2 Å². The van der Waals surface area contributed by atoms with Crippen molar-refractivity contribution in [3.05, 3.63) is 75.9 Å². The normalized spacial score (nSPS) is 15.4. The van der Waals surface area contributed by atoms with Crippen molar-refractivity contribution in [2.24, 2.45) is 0 Å². The van der Waals surface area contributed by atoms with E-state index in [4.69, 9.17) is 16.6 Å². The molecule has 1 fully saturated rings. The van der Waals surface area contributed by atoms with E-state index < -0.39 is 0 Å². The first-order chi connectivity index (χ1) is 14.5. The van der Waals surface area contributed by atoms with Gasteiger partial charge >= 0.3 is 0 Å². The second kappa shape index (κ2) is 9.15. The Labute approximate surface area is 183 Å². The van der Waals surface area contributed by atoms with Crippen molar-refractivity contribution in [3.63, 3.8) is 0 Å². The minimum Gasteiger partial charge on any atom is -0.354 e. The maximum absolute atomic E-state index is 12.9. The van der Waals surface area contributed by atoms with E-state index >= 15 is 0 Å². The second-order valence-electron chi connectivity index (χ2n) is 8.08. The van der Waals surface area contributed by atoms with Crippen LogP contribution in [0.5, 0.6) is 0 Å². The van der Waals surface area contributed by atoms with Gasteiger partial charge in [-0.15, -0.1) is 0 Å². The van der Waals surface area contributed by atoms with Crippen molar-refractivity contribution < 1.29 is 4.79 Å². The third-order valence-corrected chi connectivity index (χ3v) is 6.51. The number of aromatic nitrogens is 1. The summed E-state index contributed by atoms with van der Waals surface area (Å²) < 4.78 is 0. The number of carbonyl (C=O) groups is 1. The fourth-order valence-corrected chi connectivity index (χ4v) is 4.76. The quantitative estimate of drug-likeness (QED) is 0.609. The van der Waals surface area contributed by atoms with Crippen molar-refractivity contribution in [3.8, 4) is 0 Å². The van der Waals surface area contributed by atoms with Crippen molar-refractivity contribution in [2.75, 3.05) is 19.6 Å². The van der Waals surface area contributed by atoms with Crippen LogP contribution in [-0.4, -0.2) is 35.4 Å². The number of hydrogen-bond acceptors (Lipinski definition) is 3. The monoisotopic (exact) mass is 421 g/mol. The molecule has 2 heterocycles. The maximum atomic E-state index is 12.9. The lowest BCUT2D eigenvalue weighted by Crippen LogP contribution is -2.37. The molecule has 1 aromatic heterocycles. The molecule has 4 nitrogen and oxygen atoms in total. The molecular formula is C25H28ClN3O. The molecule has 5 heteroatoms. The Morgan fingerprint density at radius 3 is 2.57 bits per heavy atom. The molecule has 30 heavy (non-hydrogen) atoms. The third kappa shape index (κ3) is 4.35. The van der Waals surface area contributed by atoms with Gasteiger partial charge in [-0.05, 0) is 68.6 Å². The van der Waals surface area contributed by atoms with Gasteiger partial charge in [0, 0.05) is 22.6 Å². The number of hydrogen-bond donors (Lipinski definition) is 1. The Morgan fingerprint density at radius 1 is 1.10 bits per heavy atom. The average molecular weight is 422 g/mol. The summed E-state index contributed by atoms with van der Waals surface area (Å²) in [7, 11) is 0. The molecule has 0 radical (unpaired) electrons. The van der Waals surface area contributed by atoms with Crippen molar-refractivity contribution in [1.29, 1.82) is 0 Å². The number of carbonyl (C=O) groups excluding carboxylic acids is 1. The second-order valence-corrected chi connectivity index (χ2v) is 8.49. The van der Waals surface area contributed by atoms with E-state index in [0.717, 1.165) is 51.4 Å². The Hall–Kier alpha value is -2.43. The fourth-order valence-electron chi connectivity index (χ4n) is 4.50. The van der Waals surface area contributed by atoms with Crippen LogP contribution in [0.3, 0.4) is 0 Å². The molecule has 1 saturated heterocycles. The topological polar surface area (TPSA) is 45.2 Å². The number of benzene rings is 2. The zero-order valence-corrected chi connectivity index (χ0v) is 18.4. The largest absolute Gasteiger partial charge is 0.354 e. The predicted octanol–water partition coefficient (Wildman–Crippen LogP) is 5.00. The van der Waals surface area contributed by atoms with Gasteiger partial charge in [0.15, 0.2) is 0 Å². The zero-order chi connectivity index (χ0) is 21.1. The lowest BCUT2D eigenvalue weighted by molar-refractivity contribution is -0.120. The maximum Gasteiger partial charge on any atom is 0.224 e. The van der Waals surface area contributed by atoms with E-state index in [1.165, 1.54) is 12.8 Å². The lowest BCUT2D eigenvalue weighted by atomic mass is 9.99. The summed E-state index contributed by atoms with van der Waals surface area (Å²) in [5, 5.41) is 5.04. The third-order valence-electron chi connectivity index (χ3n) is 6.16. The average Bonchev–Trinajstić information content (AvgIpc) is 3.27. The molecule has 156 valence electrons. The van der Waals surface area contributed by atoms with E-state index in [1.807, 2.05) is 43.3 Å². The highest BCUT2D eigenvalue weighted by Gasteiger charge is 2.25. The molecule has 0 bridgehead atoms. The number of pyridine rings is 1. The number of aryl methyl sites for hydroxylation is 2. The molecule has 1 amide bonds. The highest BCUT2D eigenvalue weighted by Crippen LogP contribution is 2.30. The van der Waals surface area contributed by atoms with Crippen LogP contribution in [0, 0.1) is 13.8 Å². The van der Waals surface area contributed by atoms with Crippen LogP contribution in [0.1, 0.15) is 41.3 Å². The number of nitrogens with one attached hydrogen (secondary N) is 1. The number of nitrogens with zero attached hydrogens (tertiary/aromatic N) is 2. The van der Waals surface area contributed by atoms with Crippen LogP contribution in [0.4, 0.5) is 0 Å². The van der Waals surface area contributed by atoms with Crippen LogP contribution in [-0.2, 0) is 11.2 Å². The Balaban J connectivity index is 1.51.